The van der Waals surface area contributed by atoms with E-state index in [9.17, 15) is 19.2 Å². The van der Waals surface area contributed by atoms with Crippen molar-refractivity contribution >= 4 is 41.3 Å². The van der Waals surface area contributed by atoms with Gasteiger partial charge in [-0.25, -0.2) is 24.3 Å². The highest BCUT2D eigenvalue weighted by molar-refractivity contribution is 6.09. The topological polar surface area (TPSA) is 184 Å². The predicted octanol–water partition coefficient (Wildman–Crippen LogP) is 7.01. The number of nitrogens with one attached hydrogen (secondary N) is 1. The number of aromatic nitrogens is 4. The smallest absolute Gasteiger partial charge is 0.417 e. The van der Waals surface area contributed by atoms with Gasteiger partial charge in [-0.2, -0.15) is 14.6 Å². The average molecular weight is 737 g/mol. The number of ether oxygens (including phenoxy) is 3. The van der Waals surface area contributed by atoms with Gasteiger partial charge in [-0.1, -0.05) is 26.0 Å². The number of piperidine rings is 1. The fourth-order valence-corrected chi connectivity index (χ4v) is 5.88. The molecule has 3 bridgehead atoms. The third kappa shape index (κ3) is 10.4. The number of carbonyl (C=O) groups excluding carboxylic acids is 4. The second-order valence-electron chi connectivity index (χ2n) is 17.4. The standard InChI is InChI=1S/C21H24N6O3.C17H32N2O4/c1-11(2)14-15-16(28)17-23-18(14)27(25-15)19(24-17)26(20(29)30-21(3,4)5)10-12-7-6-8-13(22)9-12;1-15(2,3)22-13(20)18-12-9-10-17(7,8)19(11-12)14(21)23-16(4,5)6/h6-9,11H,10,22H2,1-5H3;12H,9-11H2,1-8H3,(H,18,20). The van der Waals surface area contributed by atoms with Gasteiger partial charge in [-0.3, -0.25) is 4.79 Å². The van der Waals surface area contributed by atoms with Crippen molar-refractivity contribution in [2.45, 2.75) is 144 Å². The third-order valence-electron chi connectivity index (χ3n) is 8.22. The second kappa shape index (κ2) is 14.8. The number of carbonyl (C=O) groups is 4. The summed E-state index contributed by atoms with van der Waals surface area (Å²) < 4.78 is 17.8. The molecule has 1 aromatic carbocycles. The van der Waals surface area contributed by atoms with E-state index < -0.39 is 29.0 Å². The molecule has 2 aliphatic rings. The number of amides is 3. The second-order valence-corrected chi connectivity index (χ2v) is 17.4. The van der Waals surface area contributed by atoms with Crippen molar-refractivity contribution in [3.8, 4) is 0 Å². The van der Waals surface area contributed by atoms with E-state index in [0.717, 1.165) is 24.0 Å². The highest BCUT2D eigenvalue weighted by Crippen LogP contribution is 2.33. The van der Waals surface area contributed by atoms with E-state index in [0.29, 0.717) is 23.6 Å². The highest BCUT2D eigenvalue weighted by atomic mass is 16.6. The van der Waals surface area contributed by atoms with Gasteiger partial charge in [-0.05, 0) is 113 Å². The van der Waals surface area contributed by atoms with Gasteiger partial charge in [0.05, 0.1) is 12.6 Å². The number of benzene rings is 1. The monoisotopic (exact) mass is 736 g/mol. The lowest BCUT2D eigenvalue weighted by Crippen LogP contribution is -2.59. The zero-order valence-electron chi connectivity index (χ0n) is 33.4. The first-order valence-electron chi connectivity index (χ1n) is 17.9. The van der Waals surface area contributed by atoms with Gasteiger partial charge in [-0.15, -0.1) is 0 Å². The molecular weight excluding hydrogens is 680 g/mol. The van der Waals surface area contributed by atoms with Gasteiger partial charge < -0.3 is 30.2 Å². The minimum atomic E-state index is -0.714. The van der Waals surface area contributed by atoms with Gasteiger partial charge >= 0.3 is 18.3 Å². The van der Waals surface area contributed by atoms with Crippen LogP contribution in [0.2, 0.25) is 0 Å². The van der Waals surface area contributed by atoms with Crippen LogP contribution in [0.15, 0.2) is 24.3 Å². The first-order valence-corrected chi connectivity index (χ1v) is 17.9. The summed E-state index contributed by atoms with van der Waals surface area (Å²) in [5, 5.41) is 7.29. The molecule has 5 rings (SSSR count). The normalized spacial score (nSPS) is 16.7. The average Bonchev–Trinajstić information content (AvgIpc) is 3.25. The molecule has 0 radical (unpaired) electrons. The summed E-state index contributed by atoms with van der Waals surface area (Å²) in [4.78, 5) is 62.0. The first-order chi connectivity index (χ1) is 24.2. The van der Waals surface area contributed by atoms with Crippen molar-refractivity contribution in [3.63, 3.8) is 0 Å². The number of hydrogen-bond acceptors (Lipinski definition) is 11. The van der Waals surface area contributed by atoms with Gasteiger partial charge in [0.15, 0.2) is 5.65 Å². The van der Waals surface area contributed by atoms with Crippen LogP contribution < -0.4 is 16.0 Å². The van der Waals surface area contributed by atoms with Crippen molar-refractivity contribution in [2.24, 2.45) is 0 Å². The minimum Gasteiger partial charge on any atom is -0.444 e. The van der Waals surface area contributed by atoms with Gasteiger partial charge in [0.2, 0.25) is 11.8 Å². The Morgan fingerprint density at radius 1 is 0.981 bits per heavy atom. The zero-order valence-corrected chi connectivity index (χ0v) is 33.4. The molecule has 4 heterocycles. The molecule has 1 unspecified atom stereocenters. The SMILES string of the molecule is CC(C)(C)OC(=O)NC1CCC(C)(C)N(C(=O)OC(C)(C)C)C1.CC(C)c1c2nn3c(N(Cc4cccc(N)c4)C(=O)OC(C)(C)C)nc(nc13)C2=O. The van der Waals surface area contributed by atoms with E-state index in [2.05, 4.69) is 20.4 Å². The number of anilines is 2. The molecule has 3 aromatic rings. The number of rotatable bonds is 5. The summed E-state index contributed by atoms with van der Waals surface area (Å²) in [7, 11) is 0. The minimum absolute atomic E-state index is 0.0260. The Morgan fingerprint density at radius 2 is 1.60 bits per heavy atom. The van der Waals surface area contributed by atoms with Crippen LogP contribution in [0.25, 0.3) is 5.65 Å². The molecule has 15 nitrogen and oxygen atoms in total. The maximum absolute atomic E-state index is 13.1. The van der Waals surface area contributed by atoms with Gasteiger partial charge in [0.25, 0.3) is 5.78 Å². The Kier molecular flexibility index (Phi) is 11.4. The Bertz CT molecular complexity index is 1860. The van der Waals surface area contributed by atoms with Crippen LogP contribution >= 0.6 is 0 Å². The molecular formula is C38H56N8O7. The number of likely N-dealkylation sites (tertiary alicyclic amines) is 1. The summed E-state index contributed by atoms with van der Waals surface area (Å²) in [6.45, 7) is 24.9. The largest absolute Gasteiger partial charge is 0.444 e. The molecule has 53 heavy (non-hydrogen) atoms. The number of ketones is 1. The molecule has 290 valence electrons. The van der Waals surface area contributed by atoms with Crippen LogP contribution in [0.3, 0.4) is 0 Å². The van der Waals surface area contributed by atoms with E-state index in [1.807, 2.05) is 81.4 Å². The van der Waals surface area contributed by atoms with E-state index in [1.165, 1.54) is 9.42 Å². The van der Waals surface area contributed by atoms with Crippen LogP contribution in [0.1, 0.15) is 136 Å². The molecule has 2 aromatic heterocycles. The molecule has 0 saturated carbocycles. The molecule has 3 amide bonds. The highest BCUT2D eigenvalue weighted by Gasteiger charge is 2.40. The number of nitrogen functional groups attached to an aromatic ring is 1. The molecule has 1 atom stereocenters. The van der Waals surface area contributed by atoms with Crippen LogP contribution in [0.4, 0.5) is 26.0 Å². The van der Waals surface area contributed by atoms with Crippen molar-refractivity contribution in [2.75, 3.05) is 17.2 Å². The fraction of sp³-hybridized carbons (Fsp3) is 0.605. The summed E-state index contributed by atoms with van der Waals surface area (Å²) in [6, 6.07) is 7.07. The van der Waals surface area contributed by atoms with E-state index >= 15 is 0 Å². The van der Waals surface area contributed by atoms with Crippen LogP contribution in [-0.2, 0) is 20.8 Å². The number of nitrogens with zero attached hydrogens (tertiary/aromatic N) is 6. The lowest BCUT2D eigenvalue weighted by molar-refractivity contribution is -0.0136. The van der Waals surface area contributed by atoms with Crippen LogP contribution in [-0.4, -0.2) is 83.5 Å². The Hall–Kier alpha value is -4.95. The van der Waals surface area contributed by atoms with Gasteiger partial charge in [0.1, 0.15) is 22.5 Å². The number of fused-ring (bicyclic) bond motifs is 2. The van der Waals surface area contributed by atoms with E-state index in [1.54, 1.807) is 37.8 Å². The molecule has 0 aliphatic carbocycles. The quantitative estimate of drug-likeness (QED) is 0.159. The molecule has 2 aliphatic heterocycles. The molecule has 3 N–H and O–H groups in total. The lowest BCUT2D eigenvalue weighted by atomic mass is 9.88. The number of hydrogen-bond donors (Lipinski definition) is 2. The Balaban J connectivity index is 0.000000247. The van der Waals surface area contributed by atoms with Crippen molar-refractivity contribution < 1.29 is 33.4 Å². The fourth-order valence-electron chi connectivity index (χ4n) is 5.88. The Labute approximate surface area is 311 Å². The van der Waals surface area contributed by atoms with Gasteiger partial charge in [0, 0.05) is 23.3 Å². The molecule has 1 fully saturated rings. The van der Waals surface area contributed by atoms with Crippen molar-refractivity contribution in [3.05, 3.63) is 46.9 Å². The predicted molar refractivity (Wildman–Crippen MR) is 201 cm³/mol. The van der Waals surface area contributed by atoms with Crippen LogP contribution in [0.5, 0.6) is 0 Å². The summed E-state index contributed by atoms with van der Waals surface area (Å²) in [6.07, 6.45) is 0.177. The van der Waals surface area contributed by atoms with E-state index in [-0.39, 0.29) is 47.7 Å². The molecule has 1 saturated heterocycles. The molecule has 0 spiro atoms. The third-order valence-corrected chi connectivity index (χ3v) is 8.22. The summed E-state index contributed by atoms with van der Waals surface area (Å²) in [5.74, 6) is -0.0852. The number of alkyl carbamates (subject to hydrolysis) is 1. The molecule has 15 heteroatoms. The van der Waals surface area contributed by atoms with Crippen molar-refractivity contribution in [1.29, 1.82) is 0 Å². The summed E-state index contributed by atoms with van der Waals surface area (Å²) >= 11 is 0. The van der Waals surface area contributed by atoms with E-state index in [4.69, 9.17) is 19.9 Å². The summed E-state index contributed by atoms with van der Waals surface area (Å²) in [5.41, 5.74) is 6.79. The van der Waals surface area contributed by atoms with Crippen molar-refractivity contribution in [1.82, 2.24) is 29.8 Å². The zero-order chi connectivity index (χ0) is 39.8. The number of nitrogens with two attached hydrogens (primary N) is 1. The lowest BCUT2D eigenvalue weighted by Gasteiger charge is -2.45. The maximum atomic E-state index is 13.1. The first kappa shape index (κ1) is 40.8. The Morgan fingerprint density at radius 3 is 2.17 bits per heavy atom. The maximum Gasteiger partial charge on any atom is 0.417 e. The van der Waals surface area contributed by atoms with Crippen LogP contribution in [0, 0.1) is 0 Å².